The fourth-order valence-corrected chi connectivity index (χ4v) is 12.2. The van der Waals surface area contributed by atoms with E-state index in [4.69, 9.17) is 30.1 Å². The lowest BCUT2D eigenvalue weighted by atomic mass is 9.79. The van der Waals surface area contributed by atoms with Crippen LogP contribution < -0.4 is 4.90 Å². The molecule has 0 bridgehead atoms. The summed E-state index contributed by atoms with van der Waals surface area (Å²) in [6.45, 7) is 9.72. The van der Waals surface area contributed by atoms with Crippen LogP contribution in [0.5, 0.6) is 0 Å². The van der Waals surface area contributed by atoms with Gasteiger partial charge in [0.25, 0.3) is 42.2 Å². The molecule has 3 N–H and O–H groups in total. The van der Waals surface area contributed by atoms with E-state index in [0.29, 0.717) is 74.4 Å². The number of allylic oxidation sites excluding steroid dienone is 6. The first-order valence-electron chi connectivity index (χ1n) is 23.6. The molecule has 0 unspecified atom stereocenters. The number of anilines is 1. The van der Waals surface area contributed by atoms with Crippen molar-refractivity contribution in [2.24, 2.45) is 0 Å². The van der Waals surface area contributed by atoms with Gasteiger partial charge >= 0.3 is 27.2 Å². The van der Waals surface area contributed by atoms with Crippen molar-refractivity contribution in [1.82, 2.24) is 10.0 Å². The molecule has 2 amide bonds. The molecule has 4 heterocycles. The van der Waals surface area contributed by atoms with E-state index in [1.807, 2.05) is 44.1 Å². The smallest absolute Gasteiger partial charge is 0.425 e. The highest BCUT2D eigenvalue weighted by atomic mass is 32.2. The summed E-state index contributed by atoms with van der Waals surface area (Å²) < 4.78 is 193. The zero-order valence-electron chi connectivity index (χ0n) is 43.0. The molecule has 82 heavy (non-hydrogen) atoms. The lowest BCUT2D eigenvalue weighted by Gasteiger charge is -2.27. The molecule has 0 radical (unpaired) electrons. The van der Waals surface area contributed by atoms with Crippen molar-refractivity contribution in [3.63, 3.8) is 0 Å². The minimum atomic E-state index is -5.02. The van der Waals surface area contributed by atoms with Crippen LogP contribution in [0.15, 0.2) is 118 Å². The number of hydrogen-bond acceptors (Lipinski definition) is 21. The molecule has 32 heteroatoms. The van der Waals surface area contributed by atoms with E-state index < -0.39 is 106 Å². The zero-order valence-corrected chi connectivity index (χ0v) is 47.9. The summed E-state index contributed by atoms with van der Waals surface area (Å²) in [5.74, 6) is -3.09. The lowest BCUT2D eigenvalue weighted by molar-refractivity contribution is -0.437. The largest absolute Gasteiger partial charge is 0.748 e. The molecule has 1 aromatic heterocycles. The Bertz CT molecular complexity index is 4270. The first-order valence-corrected chi connectivity index (χ1v) is 31.5. The number of imide groups is 1. The van der Waals surface area contributed by atoms with Crippen LogP contribution in [-0.2, 0) is 86.9 Å². The number of carbonyl (C=O) groups is 3. The Morgan fingerprint density at radius 2 is 1.34 bits per heavy atom. The van der Waals surface area contributed by atoms with Gasteiger partial charge in [-0.3, -0.25) is 28.2 Å². The predicted molar refractivity (Wildman–Crippen MR) is 292 cm³/mol. The molecule has 3 aliphatic rings. The standard InChI is InChI=1S/C49H48N4O16S4.CH4.2O3S/c1-6-22-51-39-17-14-34-36(26-33(72(63,64)65)27-40(34)73(66,67)68)46(39)49(4,5)41(51)18-11-30(37-15-9-31(28-50-37)47(56)69-53-43(54)20-21-44(53)55)12-19-42-48(2,3)45-35-25-32(71(60,61)62)13-8-29(35)10-16-38(45)52(42)23-7-24-70(57,58)59;;2*1-4(2)3/h8-19,25-28H,6-7,20-24H2,1-5H3,(H3-,57,58,59,60,61,62,63,64,65,66,67,68);1H4;;. The van der Waals surface area contributed by atoms with Gasteiger partial charge in [-0.2, -0.15) is 29.8 Å². The average molecular weight is 1250 g/mol. The van der Waals surface area contributed by atoms with Crippen LogP contribution in [0.3, 0.4) is 0 Å². The number of hydrogen-bond donors (Lipinski definition) is 3. The third-order valence-electron chi connectivity index (χ3n) is 13.1. The summed E-state index contributed by atoms with van der Waals surface area (Å²) in [6, 6.07) is 15.5. The van der Waals surface area contributed by atoms with Gasteiger partial charge in [0.05, 0.1) is 36.6 Å². The lowest BCUT2D eigenvalue weighted by Crippen LogP contribution is -2.32. The Hall–Kier alpha value is -7.27. The summed E-state index contributed by atoms with van der Waals surface area (Å²) in [5, 5.41) is 1.63. The number of aromatic nitrogens is 1. The fourth-order valence-electron chi connectivity index (χ4n) is 9.87. The first kappa shape index (κ1) is 65.5. The van der Waals surface area contributed by atoms with E-state index in [1.165, 1.54) is 36.5 Å². The maximum Gasteiger partial charge on any atom is 0.425 e. The highest BCUT2D eigenvalue weighted by Crippen LogP contribution is 2.52. The SMILES string of the molecule is C.CCCN1/C(=C/C=C(/C=C/C2=[N+](CCCS(=O)(=O)[O-])c3ccc4ccc(S(=O)(=O)O)cc4c3C2(C)C)c2ccc(C(=O)ON3C(=O)CCC3=O)cn2)C(C)(C)c2c1ccc1c(S(=O)(=O)O)cc(S(=O)(=O)O)cc21.O=S(=O)=O.O=S(=O)=O. The molecule has 1 fully saturated rings. The van der Waals surface area contributed by atoms with Crippen LogP contribution in [0.2, 0.25) is 0 Å². The molecular formula is C50H52N4O22S6. The quantitative estimate of drug-likeness (QED) is 0.0536. The number of pyridine rings is 1. The van der Waals surface area contributed by atoms with Crippen LogP contribution in [0, 0.1) is 0 Å². The third-order valence-corrected chi connectivity index (χ3v) is 16.5. The van der Waals surface area contributed by atoms with Gasteiger partial charge in [0, 0.05) is 83.2 Å². The van der Waals surface area contributed by atoms with Gasteiger partial charge in [0.15, 0.2) is 5.71 Å². The van der Waals surface area contributed by atoms with E-state index in [-0.39, 0.29) is 60.2 Å². The Kier molecular flexibility index (Phi) is 19.7. The van der Waals surface area contributed by atoms with Crippen LogP contribution >= 0.6 is 0 Å². The van der Waals surface area contributed by atoms with Crippen molar-refractivity contribution in [2.75, 3.05) is 23.7 Å². The second-order valence-corrected chi connectivity index (χ2v) is 25.7. The maximum absolute atomic E-state index is 13.2. The number of amides is 2. The van der Waals surface area contributed by atoms with Crippen LogP contribution in [0.25, 0.3) is 27.1 Å². The Morgan fingerprint density at radius 3 is 1.88 bits per heavy atom. The minimum Gasteiger partial charge on any atom is -0.748 e. The molecule has 0 spiro atoms. The highest BCUT2D eigenvalue weighted by Gasteiger charge is 2.46. The van der Waals surface area contributed by atoms with Gasteiger partial charge in [0.2, 0.25) is 5.69 Å². The molecule has 5 aromatic rings. The Labute approximate surface area is 474 Å². The number of hydroxylamine groups is 2. The van der Waals surface area contributed by atoms with E-state index in [9.17, 15) is 66.3 Å². The number of carbonyl (C=O) groups excluding carboxylic acids is 3. The van der Waals surface area contributed by atoms with Crippen molar-refractivity contribution >= 4 is 124 Å². The highest BCUT2D eigenvalue weighted by molar-refractivity contribution is 7.87. The summed E-state index contributed by atoms with van der Waals surface area (Å²) in [4.78, 5) is 47.4. The van der Waals surface area contributed by atoms with E-state index >= 15 is 0 Å². The topological polar surface area (TPSA) is 406 Å². The number of benzene rings is 4. The molecular weight excluding hydrogens is 1200 g/mol. The molecule has 0 saturated carbocycles. The van der Waals surface area contributed by atoms with E-state index in [2.05, 4.69) is 4.98 Å². The monoisotopic (exact) mass is 1250 g/mol. The molecule has 4 aromatic carbocycles. The van der Waals surface area contributed by atoms with Crippen molar-refractivity contribution in [3.05, 3.63) is 125 Å². The van der Waals surface area contributed by atoms with Crippen molar-refractivity contribution < 1.29 is 101 Å². The van der Waals surface area contributed by atoms with Gasteiger partial charge in [-0.1, -0.05) is 46.4 Å². The minimum absolute atomic E-state index is 0. The normalized spacial score (nSPS) is 16.4. The Balaban J connectivity index is 0.00000129. The second-order valence-electron chi connectivity index (χ2n) is 19.1. The number of nitrogens with zero attached hydrogens (tertiary/aromatic N) is 4. The fraction of sp³-hybridized carbons (Fsp3) is 0.300. The van der Waals surface area contributed by atoms with Crippen LogP contribution in [0.4, 0.5) is 11.4 Å². The van der Waals surface area contributed by atoms with E-state index in [1.54, 1.807) is 48.6 Å². The zero-order chi connectivity index (χ0) is 60.5. The van der Waals surface area contributed by atoms with Crippen molar-refractivity contribution in [1.29, 1.82) is 0 Å². The van der Waals surface area contributed by atoms with Crippen molar-refractivity contribution in [3.8, 4) is 0 Å². The van der Waals surface area contributed by atoms with Crippen molar-refractivity contribution in [2.45, 2.75) is 93.2 Å². The van der Waals surface area contributed by atoms with Gasteiger partial charge in [0.1, 0.15) is 11.4 Å². The molecule has 3 aliphatic heterocycles. The van der Waals surface area contributed by atoms with Gasteiger partial charge in [-0.05, 0) is 103 Å². The summed E-state index contributed by atoms with van der Waals surface area (Å²) in [5.41, 5.74) is 1.92. The molecule has 26 nitrogen and oxygen atoms in total. The van der Waals surface area contributed by atoms with Gasteiger partial charge in [-0.15, -0.1) is 30.3 Å². The average Bonchev–Trinajstić information content (AvgIpc) is 2.30. The summed E-state index contributed by atoms with van der Waals surface area (Å²) >= 11 is 0. The number of rotatable bonds is 15. The van der Waals surface area contributed by atoms with Gasteiger partial charge in [-0.25, -0.2) is 13.2 Å². The van der Waals surface area contributed by atoms with Gasteiger partial charge < -0.3 is 14.3 Å². The first-order chi connectivity index (χ1) is 37.4. The second kappa shape index (κ2) is 24.7. The molecule has 1 saturated heterocycles. The van der Waals surface area contributed by atoms with Crippen LogP contribution in [0.1, 0.15) is 94.9 Å². The number of fused-ring (bicyclic) bond motifs is 6. The maximum atomic E-state index is 13.2. The van der Waals surface area contributed by atoms with E-state index in [0.717, 1.165) is 6.07 Å². The Morgan fingerprint density at radius 1 is 0.756 bits per heavy atom. The molecule has 440 valence electrons. The molecule has 0 atom stereocenters. The summed E-state index contributed by atoms with van der Waals surface area (Å²) in [6.07, 6.45) is 8.33. The third kappa shape index (κ3) is 14.5. The van der Waals surface area contributed by atoms with Crippen LogP contribution in [-0.4, -0.2) is 134 Å². The molecule has 8 rings (SSSR count). The predicted octanol–water partition coefficient (Wildman–Crippen LogP) is 5.02. The summed E-state index contributed by atoms with van der Waals surface area (Å²) in [7, 11) is -25.5. The molecule has 0 aliphatic carbocycles.